The first-order chi connectivity index (χ1) is 8.04. The lowest BCUT2D eigenvalue weighted by Crippen LogP contribution is -2.20. The van der Waals surface area contributed by atoms with E-state index in [1.165, 1.54) is 22.6 Å². The van der Waals surface area contributed by atoms with E-state index in [0.29, 0.717) is 0 Å². The summed E-state index contributed by atoms with van der Waals surface area (Å²) in [5.74, 6) is -1.85. The van der Waals surface area contributed by atoms with Gasteiger partial charge in [-0.2, -0.15) is 13.2 Å². The monoisotopic (exact) mass is 387 g/mol. The van der Waals surface area contributed by atoms with Crippen LogP contribution in [0.3, 0.4) is 0 Å². The highest BCUT2D eigenvalue weighted by atomic mass is 127. The molecule has 1 aromatic heterocycles. The highest BCUT2D eigenvalue weighted by Crippen LogP contribution is 2.38. The van der Waals surface area contributed by atoms with E-state index in [0.717, 1.165) is 13.2 Å². The van der Waals surface area contributed by atoms with Gasteiger partial charge in [-0.25, -0.2) is 4.98 Å². The summed E-state index contributed by atoms with van der Waals surface area (Å²) in [7, 11) is 0.951. The van der Waals surface area contributed by atoms with E-state index in [2.05, 4.69) is 14.5 Å². The number of methoxy groups -OCH3 is 1. The summed E-state index contributed by atoms with van der Waals surface area (Å²) in [4.78, 5) is 2.80. The molecule has 1 aromatic rings. The summed E-state index contributed by atoms with van der Waals surface area (Å²) in [6.07, 6.45) is -10.1. The second-order valence-corrected chi connectivity index (χ2v) is 4.03. The third-order valence-electron chi connectivity index (χ3n) is 1.61. The molecule has 0 aliphatic heterocycles. The Hall–Kier alpha value is -0.940. The topological polar surface area (TPSA) is 31.4 Å². The maximum absolute atomic E-state index is 12.5. The van der Waals surface area contributed by atoms with Crippen molar-refractivity contribution in [1.82, 2.24) is 4.98 Å². The molecule has 18 heavy (non-hydrogen) atoms. The van der Waals surface area contributed by atoms with Gasteiger partial charge in [0.25, 0.3) is 0 Å². The summed E-state index contributed by atoms with van der Waals surface area (Å²) in [6.45, 7) is 0. The highest BCUT2D eigenvalue weighted by molar-refractivity contribution is 14.1. The summed E-state index contributed by atoms with van der Waals surface area (Å²) in [6, 6.07) is 0.761. The molecule has 0 saturated heterocycles. The van der Waals surface area contributed by atoms with Gasteiger partial charge in [0.05, 0.1) is 10.7 Å². The second kappa shape index (κ2) is 4.97. The van der Waals surface area contributed by atoms with Crippen molar-refractivity contribution in [3.63, 3.8) is 0 Å². The van der Waals surface area contributed by atoms with Gasteiger partial charge in [0.1, 0.15) is 0 Å². The minimum atomic E-state index is -5.12. The van der Waals surface area contributed by atoms with Gasteiger partial charge >= 0.3 is 12.5 Å². The lowest BCUT2D eigenvalue weighted by atomic mass is 10.3. The first-order valence-corrected chi connectivity index (χ1v) is 5.20. The Morgan fingerprint density at radius 1 is 1.17 bits per heavy atom. The Bertz CT molecular complexity index is 444. The largest absolute Gasteiger partial charge is 0.574 e. The summed E-state index contributed by atoms with van der Waals surface area (Å²) < 4.78 is 80.9. The van der Waals surface area contributed by atoms with E-state index in [4.69, 9.17) is 0 Å². The number of nitrogens with zero attached hydrogens (tertiary/aromatic N) is 1. The third kappa shape index (κ3) is 3.78. The van der Waals surface area contributed by atoms with E-state index in [1.54, 1.807) is 0 Å². The van der Waals surface area contributed by atoms with Gasteiger partial charge < -0.3 is 9.47 Å². The summed E-state index contributed by atoms with van der Waals surface area (Å²) >= 11 is 1.36. The number of pyridine rings is 1. The number of rotatable bonds is 2. The molecule has 0 fully saturated rings. The average Bonchev–Trinajstić information content (AvgIpc) is 2.16. The van der Waals surface area contributed by atoms with Gasteiger partial charge in [-0.1, -0.05) is 0 Å². The molecule has 10 heteroatoms. The van der Waals surface area contributed by atoms with E-state index < -0.39 is 29.9 Å². The zero-order valence-electron chi connectivity index (χ0n) is 8.49. The molecule has 0 saturated carbocycles. The number of alkyl halides is 6. The van der Waals surface area contributed by atoms with E-state index in [-0.39, 0.29) is 3.57 Å². The van der Waals surface area contributed by atoms with Crippen molar-refractivity contribution in [3.8, 4) is 11.6 Å². The van der Waals surface area contributed by atoms with Crippen molar-refractivity contribution in [2.75, 3.05) is 7.11 Å². The molecule has 0 N–H and O–H groups in total. The Labute approximate surface area is 110 Å². The minimum Gasteiger partial charge on any atom is -0.494 e. The zero-order chi connectivity index (χ0) is 14.1. The number of hydrogen-bond acceptors (Lipinski definition) is 3. The maximum Gasteiger partial charge on any atom is 0.574 e. The van der Waals surface area contributed by atoms with Gasteiger partial charge in [-0.15, -0.1) is 13.2 Å². The SMILES string of the molecule is COc1cc(I)c(OC(F)(F)F)nc1C(F)(F)F. The number of ether oxygens (including phenoxy) is 2. The average molecular weight is 387 g/mol. The number of hydrogen-bond donors (Lipinski definition) is 0. The maximum atomic E-state index is 12.5. The molecule has 0 amide bonds. The van der Waals surface area contributed by atoms with E-state index >= 15 is 0 Å². The molecule has 3 nitrogen and oxygen atoms in total. The normalized spacial score (nSPS) is 12.4. The molecule has 0 aliphatic rings. The molecule has 1 heterocycles. The van der Waals surface area contributed by atoms with Crippen LogP contribution < -0.4 is 9.47 Å². The van der Waals surface area contributed by atoms with Gasteiger partial charge in [-0.05, 0) is 22.6 Å². The van der Waals surface area contributed by atoms with Crippen molar-refractivity contribution >= 4 is 22.6 Å². The fourth-order valence-electron chi connectivity index (χ4n) is 0.995. The Morgan fingerprint density at radius 2 is 1.72 bits per heavy atom. The fraction of sp³-hybridized carbons (Fsp3) is 0.375. The lowest BCUT2D eigenvalue weighted by molar-refractivity contribution is -0.276. The zero-order valence-corrected chi connectivity index (χ0v) is 10.6. The van der Waals surface area contributed by atoms with Crippen molar-refractivity contribution in [2.24, 2.45) is 0 Å². The van der Waals surface area contributed by atoms with E-state index in [9.17, 15) is 26.3 Å². The molecule has 0 bridgehead atoms. The third-order valence-corrected chi connectivity index (χ3v) is 2.38. The predicted molar refractivity (Wildman–Crippen MR) is 55.2 cm³/mol. The second-order valence-electron chi connectivity index (χ2n) is 2.87. The Kier molecular flexibility index (Phi) is 4.18. The van der Waals surface area contributed by atoms with Crippen LogP contribution in [0.25, 0.3) is 0 Å². The van der Waals surface area contributed by atoms with Crippen molar-refractivity contribution in [2.45, 2.75) is 12.5 Å². The molecule has 102 valence electrons. The lowest BCUT2D eigenvalue weighted by Gasteiger charge is -2.15. The molecule has 0 unspecified atom stereocenters. The van der Waals surface area contributed by atoms with Crippen molar-refractivity contribution in [1.29, 1.82) is 0 Å². The highest BCUT2D eigenvalue weighted by Gasteiger charge is 2.39. The Balaban J connectivity index is 3.31. The quantitative estimate of drug-likeness (QED) is 0.574. The van der Waals surface area contributed by atoms with Crippen molar-refractivity contribution < 1.29 is 35.8 Å². The van der Waals surface area contributed by atoms with Crippen LogP contribution in [0.4, 0.5) is 26.3 Å². The van der Waals surface area contributed by atoms with Crippen molar-refractivity contribution in [3.05, 3.63) is 15.3 Å². The minimum absolute atomic E-state index is 0.255. The van der Waals surface area contributed by atoms with Gasteiger partial charge in [-0.3, -0.25) is 0 Å². The van der Waals surface area contributed by atoms with Crippen LogP contribution in [0.15, 0.2) is 6.07 Å². The standard InChI is InChI=1S/C8H4F6INO2/c1-17-4-2-3(15)6(18-8(12,13)14)16-5(4)7(9,10)11/h2H,1H3. The molecule has 0 aromatic carbocycles. The summed E-state index contributed by atoms with van der Waals surface area (Å²) in [5, 5.41) is 0. The fourth-order valence-corrected chi connectivity index (χ4v) is 1.51. The van der Waals surface area contributed by atoms with Crippen LogP contribution in [0.1, 0.15) is 5.69 Å². The first-order valence-electron chi connectivity index (χ1n) is 4.12. The molecule has 0 aliphatic carbocycles. The van der Waals surface area contributed by atoms with Crippen LogP contribution in [-0.2, 0) is 6.18 Å². The molecule has 0 atom stereocenters. The van der Waals surface area contributed by atoms with Crippen LogP contribution in [0.2, 0.25) is 0 Å². The van der Waals surface area contributed by atoms with Crippen LogP contribution in [0, 0.1) is 3.57 Å². The molecule has 1 rings (SSSR count). The number of aromatic nitrogens is 1. The van der Waals surface area contributed by atoms with Crippen LogP contribution in [-0.4, -0.2) is 18.5 Å². The van der Waals surface area contributed by atoms with Crippen LogP contribution >= 0.6 is 22.6 Å². The first kappa shape index (κ1) is 15.1. The van der Waals surface area contributed by atoms with Gasteiger partial charge in [0.2, 0.25) is 5.88 Å². The van der Waals surface area contributed by atoms with E-state index in [1.807, 2.05) is 0 Å². The molecule has 0 radical (unpaired) electrons. The number of halogens is 7. The molecular weight excluding hydrogens is 383 g/mol. The smallest absolute Gasteiger partial charge is 0.494 e. The molecule has 0 spiro atoms. The Morgan fingerprint density at radius 3 is 2.11 bits per heavy atom. The van der Waals surface area contributed by atoms with Gasteiger partial charge in [0.15, 0.2) is 11.4 Å². The van der Waals surface area contributed by atoms with Gasteiger partial charge in [0, 0.05) is 6.07 Å². The predicted octanol–water partition coefficient (Wildman–Crippen LogP) is 3.61. The molecular formula is C8H4F6INO2. The van der Waals surface area contributed by atoms with Crippen LogP contribution in [0.5, 0.6) is 11.6 Å². The summed E-state index contributed by atoms with van der Waals surface area (Å²) in [5.41, 5.74) is -1.58.